The summed E-state index contributed by atoms with van der Waals surface area (Å²) in [5, 5.41) is 9.14. The largest absolute Gasteiger partial charge is 0.478 e. The van der Waals surface area contributed by atoms with Crippen molar-refractivity contribution in [3.05, 3.63) is 22.8 Å². The third-order valence-electron chi connectivity index (χ3n) is 11.5. The normalized spacial score (nSPS) is 40.3. The Balaban J connectivity index is 1.64. The summed E-state index contributed by atoms with van der Waals surface area (Å²) < 4.78 is 0. The standard InChI is InChI=1S/C30H44O4/c1-19(26(33)34)8-7-9-20(18-31)21-12-16-30(6)23-10-11-24-27(2,3)25(32)14-15-28(24,4)22(23)13-17-29(21,30)5/h8,18,20-21,24H,7,9-17H2,1-6H3,(H,33,34). The van der Waals surface area contributed by atoms with Gasteiger partial charge in [-0.05, 0) is 92.8 Å². The maximum atomic E-state index is 12.8. The van der Waals surface area contributed by atoms with Crippen molar-refractivity contribution in [3.8, 4) is 0 Å². The van der Waals surface area contributed by atoms with E-state index in [0.717, 1.165) is 57.7 Å². The second-order valence-corrected chi connectivity index (χ2v) is 13.1. The van der Waals surface area contributed by atoms with Crippen molar-refractivity contribution in [3.63, 3.8) is 0 Å². The van der Waals surface area contributed by atoms with Gasteiger partial charge in [0.25, 0.3) is 0 Å². The first kappa shape index (κ1) is 25.4. The van der Waals surface area contributed by atoms with Gasteiger partial charge in [-0.25, -0.2) is 4.79 Å². The van der Waals surface area contributed by atoms with E-state index < -0.39 is 5.97 Å². The first-order chi connectivity index (χ1) is 15.8. The fourth-order valence-corrected chi connectivity index (χ4v) is 9.16. The predicted octanol–water partition coefficient (Wildman–Crippen LogP) is 6.93. The SMILES string of the molecule is CC(=CCCC(C=O)C1CCC2(C)C3=C(CCC12C)C1(C)CCC(=O)C(C)(C)C1CC3)C(=O)O. The molecule has 0 bridgehead atoms. The van der Waals surface area contributed by atoms with E-state index in [1.165, 1.54) is 0 Å². The molecule has 4 rings (SSSR count). The summed E-state index contributed by atoms with van der Waals surface area (Å²) in [7, 11) is 0. The number of Topliss-reactive ketones (excluding diaryl/α,β-unsaturated/α-hetero) is 1. The van der Waals surface area contributed by atoms with Gasteiger partial charge in [-0.3, -0.25) is 4.79 Å². The molecule has 0 aromatic rings. The molecule has 0 saturated heterocycles. The van der Waals surface area contributed by atoms with Crippen molar-refractivity contribution in [1.82, 2.24) is 0 Å². The molecule has 4 heteroatoms. The molecule has 0 aromatic heterocycles. The fourth-order valence-electron chi connectivity index (χ4n) is 9.16. The molecule has 2 saturated carbocycles. The number of rotatable bonds is 6. The van der Waals surface area contributed by atoms with Gasteiger partial charge in [0.05, 0.1) is 0 Å². The topological polar surface area (TPSA) is 71.4 Å². The van der Waals surface area contributed by atoms with Crippen LogP contribution in [0.2, 0.25) is 0 Å². The third-order valence-corrected chi connectivity index (χ3v) is 11.5. The number of aliphatic carboxylic acids is 1. The average Bonchev–Trinajstić information content (AvgIpc) is 3.05. The Morgan fingerprint density at radius 3 is 2.38 bits per heavy atom. The number of carbonyl (C=O) groups excluding carboxylic acids is 2. The average molecular weight is 469 g/mol. The molecule has 4 aliphatic carbocycles. The minimum Gasteiger partial charge on any atom is -0.478 e. The van der Waals surface area contributed by atoms with Crippen LogP contribution in [0, 0.1) is 39.4 Å². The van der Waals surface area contributed by atoms with Crippen LogP contribution >= 0.6 is 0 Å². The number of ketones is 1. The summed E-state index contributed by atoms with van der Waals surface area (Å²) in [5.74, 6) is 0.305. The molecule has 188 valence electrons. The molecule has 0 aromatic carbocycles. The van der Waals surface area contributed by atoms with E-state index in [-0.39, 0.29) is 27.6 Å². The fraction of sp³-hybridized carbons (Fsp3) is 0.767. The van der Waals surface area contributed by atoms with Crippen LogP contribution in [-0.4, -0.2) is 23.1 Å². The Morgan fingerprint density at radius 2 is 1.74 bits per heavy atom. The summed E-state index contributed by atoms with van der Waals surface area (Å²) in [5.41, 5.74) is 3.77. The van der Waals surface area contributed by atoms with Gasteiger partial charge in [0, 0.05) is 23.3 Å². The molecule has 4 nitrogen and oxygen atoms in total. The summed E-state index contributed by atoms with van der Waals surface area (Å²) in [6.45, 7) is 13.3. The third kappa shape index (κ3) is 3.49. The quantitative estimate of drug-likeness (QED) is 0.261. The second kappa shape index (κ2) is 8.45. The van der Waals surface area contributed by atoms with E-state index in [9.17, 15) is 14.4 Å². The van der Waals surface area contributed by atoms with E-state index in [1.54, 1.807) is 24.1 Å². The predicted molar refractivity (Wildman–Crippen MR) is 134 cm³/mol. The van der Waals surface area contributed by atoms with Gasteiger partial charge in [0.15, 0.2) is 0 Å². The van der Waals surface area contributed by atoms with Gasteiger partial charge in [0.1, 0.15) is 12.1 Å². The van der Waals surface area contributed by atoms with Gasteiger partial charge in [-0.2, -0.15) is 0 Å². The van der Waals surface area contributed by atoms with E-state index in [2.05, 4.69) is 34.6 Å². The Hall–Kier alpha value is -1.71. The highest BCUT2D eigenvalue weighted by atomic mass is 16.4. The van der Waals surface area contributed by atoms with Gasteiger partial charge in [0.2, 0.25) is 0 Å². The van der Waals surface area contributed by atoms with E-state index >= 15 is 0 Å². The number of fused-ring (bicyclic) bond motifs is 4. The number of aldehydes is 1. The van der Waals surface area contributed by atoms with Crippen LogP contribution < -0.4 is 0 Å². The molecule has 2 fully saturated rings. The molecule has 0 heterocycles. The molecular weight excluding hydrogens is 424 g/mol. The van der Waals surface area contributed by atoms with Crippen LogP contribution in [0.4, 0.5) is 0 Å². The molecule has 0 spiro atoms. The van der Waals surface area contributed by atoms with Crippen molar-refractivity contribution in [2.24, 2.45) is 39.4 Å². The number of hydrogen-bond acceptors (Lipinski definition) is 3. The molecule has 1 N–H and O–H groups in total. The minimum atomic E-state index is -0.883. The summed E-state index contributed by atoms with van der Waals surface area (Å²) in [4.78, 5) is 36.2. The highest BCUT2D eigenvalue weighted by molar-refractivity contribution is 5.86. The van der Waals surface area contributed by atoms with Gasteiger partial charge in [-0.15, -0.1) is 0 Å². The maximum absolute atomic E-state index is 12.8. The second-order valence-electron chi connectivity index (χ2n) is 13.1. The number of carboxylic acids is 1. The lowest BCUT2D eigenvalue weighted by Gasteiger charge is -2.60. The van der Waals surface area contributed by atoms with Crippen molar-refractivity contribution >= 4 is 18.0 Å². The zero-order chi connectivity index (χ0) is 25.1. The Kier molecular flexibility index (Phi) is 6.31. The number of allylic oxidation sites excluding steroid dienone is 3. The van der Waals surface area contributed by atoms with Crippen molar-refractivity contribution < 1.29 is 19.5 Å². The lowest BCUT2D eigenvalue weighted by Crippen LogP contribution is -2.54. The van der Waals surface area contributed by atoms with Gasteiger partial charge >= 0.3 is 5.97 Å². The smallest absolute Gasteiger partial charge is 0.330 e. The van der Waals surface area contributed by atoms with E-state index in [0.29, 0.717) is 36.0 Å². The van der Waals surface area contributed by atoms with Crippen LogP contribution in [0.3, 0.4) is 0 Å². The Morgan fingerprint density at radius 1 is 1.03 bits per heavy atom. The van der Waals surface area contributed by atoms with E-state index in [1.807, 2.05) is 0 Å². The lowest BCUT2D eigenvalue weighted by molar-refractivity contribution is -0.139. The molecule has 0 amide bonds. The summed E-state index contributed by atoms with van der Waals surface area (Å²) in [6.07, 6.45) is 12.6. The highest BCUT2D eigenvalue weighted by Crippen LogP contribution is 2.72. The zero-order valence-electron chi connectivity index (χ0n) is 22.1. The van der Waals surface area contributed by atoms with E-state index in [4.69, 9.17) is 5.11 Å². The molecule has 0 radical (unpaired) electrons. The molecule has 4 aliphatic rings. The molecule has 34 heavy (non-hydrogen) atoms. The minimum absolute atomic E-state index is 0.0232. The van der Waals surface area contributed by atoms with Crippen molar-refractivity contribution in [2.45, 2.75) is 106 Å². The number of hydrogen-bond donors (Lipinski definition) is 1. The monoisotopic (exact) mass is 468 g/mol. The van der Waals surface area contributed by atoms with Gasteiger partial charge < -0.3 is 9.90 Å². The first-order valence-corrected chi connectivity index (χ1v) is 13.4. The molecule has 6 atom stereocenters. The van der Waals surface area contributed by atoms with Crippen LogP contribution in [0.25, 0.3) is 0 Å². The van der Waals surface area contributed by atoms with Crippen LogP contribution in [0.1, 0.15) is 106 Å². The summed E-state index contributed by atoms with van der Waals surface area (Å²) >= 11 is 0. The summed E-state index contributed by atoms with van der Waals surface area (Å²) in [6, 6.07) is 0. The van der Waals surface area contributed by atoms with Crippen molar-refractivity contribution in [2.75, 3.05) is 0 Å². The number of carboxylic acid groups (broad SMARTS) is 1. The lowest BCUT2D eigenvalue weighted by atomic mass is 9.43. The Labute approximate surface area is 205 Å². The first-order valence-electron chi connectivity index (χ1n) is 13.4. The zero-order valence-corrected chi connectivity index (χ0v) is 22.1. The highest BCUT2D eigenvalue weighted by Gasteiger charge is 2.63. The maximum Gasteiger partial charge on any atom is 0.330 e. The van der Waals surface area contributed by atoms with Crippen LogP contribution in [-0.2, 0) is 14.4 Å². The van der Waals surface area contributed by atoms with Crippen LogP contribution in [0.15, 0.2) is 22.8 Å². The Bertz CT molecular complexity index is 955. The van der Waals surface area contributed by atoms with Gasteiger partial charge in [-0.1, -0.05) is 51.8 Å². The van der Waals surface area contributed by atoms with Crippen LogP contribution in [0.5, 0.6) is 0 Å². The number of carbonyl (C=O) groups is 3. The molecule has 0 aliphatic heterocycles. The molecular formula is C30H44O4. The van der Waals surface area contributed by atoms with Crippen molar-refractivity contribution in [1.29, 1.82) is 0 Å². The molecule has 6 unspecified atom stereocenters.